The molecule has 0 rings (SSSR count). The van der Waals surface area contributed by atoms with Gasteiger partial charge in [-0.2, -0.15) is 13.2 Å². The van der Waals surface area contributed by atoms with Crippen LogP contribution in [-0.4, -0.2) is 37.4 Å². The number of esters is 2. The number of halogens is 3. The van der Waals surface area contributed by atoms with Gasteiger partial charge in [-0.1, -0.05) is 13.3 Å². The summed E-state index contributed by atoms with van der Waals surface area (Å²) in [6, 6.07) is -1.84. The topological polar surface area (TPSA) is 78.6 Å². The fourth-order valence-corrected chi connectivity index (χ4v) is 1.63. The third-order valence-electron chi connectivity index (χ3n) is 2.83. The molecule has 0 saturated heterocycles. The van der Waals surface area contributed by atoms with Crippen LogP contribution < -0.4 is 5.73 Å². The summed E-state index contributed by atoms with van der Waals surface area (Å²) >= 11 is 0. The number of nitrogens with two attached hydrogens (primary N) is 1. The third kappa shape index (κ3) is 7.89. The first-order valence-corrected chi connectivity index (χ1v) is 6.88. The summed E-state index contributed by atoms with van der Waals surface area (Å²) < 4.78 is 47.9. The molecular formula is C13H22F3NO4. The van der Waals surface area contributed by atoms with Gasteiger partial charge in [-0.05, 0) is 19.8 Å². The first kappa shape index (κ1) is 19.7. The van der Waals surface area contributed by atoms with E-state index in [4.69, 9.17) is 10.5 Å². The molecule has 0 amide bonds. The summed E-state index contributed by atoms with van der Waals surface area (Å²) in [5.41, 5.74) is 5.29. The average molecular weight is 313 g/mol. The average Bonchev–Trinajstić information content (AvgIpc) is 2.37. The molecule has 8 heteroatoms. The van der Waals surface area contributed by atoms with Crippen LogP contribution >= 0.6 is 0 Å². The van der Waals surface area contributed by atoms with Crippen molar-refractivity contribution in [2.24, 2.45) is 11.7 Å². The lowest BCUT2D eigenvalue weighted by Crippen LogP contribution is -2.46. The number of carbonyl (C=O) groups is 2. The molecule has 0 aliphatic heterocycles. The van der Waals surface area contributed by atoms with Crippen LogP contribution in [0.3, 0.4) is 0 Å². The number of hydrogen-bond acceptors (Lipinski definition) is 5. The third-order valence-corrected chi connectivity index (χ3v) is 2.83. The fourth-order valence-electron chi connectivity index (χ4n) is 1.63. The Labute approximate surface area is 122 Å². The molecule has 2 unspecified atom stereocenters. The molecule has 0 aromatic carbocycles. The predicted octanol–water partition coefficient (Wildman–Crippen LogP) is 2.18. The van der Waals surface area contributed by atoms with Crippen LogP contribution in [0.4, 0.5) is 13.2 Å². The van der Waals surface area contributed by atoms with Gasteiger partial charge in [0.2, 0.25) is 0 Å². The first-order valence-electron chi connectivity index (χ1n) is 6.88. The lowest BCUT2D eigenvalue weighted by molar-refractivity contribution is -0.191. The largest absolute Gasteiger partial charge is 0.466 e. The van der Waals surface area contributed by atoms with E-state index in [1.165, 1.54) is 6.92 Å². The fraction of sp³-hybridized carbons (Fsp3) is 0.846. The molecule has 0 saturated carbocycles. The van der Waals surface area contributed by atoms with Gasteiger partial charge in [0.25, 0.3) is 0 Å². The van der Waals surface area contributed by atoms with Crippen molar-refractivity contribution in [3.8, 4) is 0 Å². The Morgan fingerprint density at radius 1 is 1.19 bits per heavy atom. The first-order chi connectivity index (χ1) is 9.73. The molecule has 2 atom stereocenters. The summed E-state index contributed by atoms with van der Waals surface area (Å²) in [6.07, 6.45) is -4.27. The van der Waals surface area contributed by atoms with Gasteiger partial charge in [-0.15, -0.1) is 0 Å². The zero-order chi connectivity index (χ0) is 16.5. The molecule has 0 aliphatic rings. The minimum Gasteiger partial charge on any atom is -0.466 e. The molecule has 124 valence electrons. The molecule has 21 heavy (non-hydrogen) atoms. The number of ether oxygens (including phenoxy) is 2. The molecular weight excluding hydrogens is 291 g/mol. The van der Waals surface area contributed by atoms with Crippen LogP contribution in [0.2, 0.25) is 0 Å². The standard InChI is InChI=1S/C13H22F3NO4/c1-3-5-8-21-10(18)7-6-9(13(14,15)16)11(17)12(19)20-4-2/h9,11H,3-8,17H2,1-2H3. The highest BCUT2D eigenvalue weighted by Crippen LogP contribution is 2.32. The molecule has 0 heterocycles. The van der Waals surface area contributed by atoms with E-state index in [0.717, 1.165) is 6.42 Å². The highest BCUT2D eigenvalue weighted by Gasteiger charge is 2.46. The Hall–Kier alpha value is -1.31. The Morgan fingerprint density at radius 3 is 2.29 bits per heavy atom. The van der Waals surface area contributed by atoms with Crippen molar-refractivity contribution in [2.75, 3.05) is 13.2 Å². The van der Waals surface area contributed by atoms with E-state index in [-0.39, 0.29) is 13.2 Å². The normalized spacial score (nSPS) is 14.4. The summed E-state index contributed by atoms with van der Waals surface area (Å²) in [5.74, 6) is -3.98. The molecule has 2 N–H and O–H groups in total. The van der Waals surface area contributed by atoms with Crippen molar-refractivity contribution >= 4 is 11.9 Å². The lowest BCUT2D eigenvalue weighted by atomic mass is 9.94. The van der Waals surface area contributed by atoms with E-state index in [0.29, 0.717) is 6.42 Å². The molecule has 0 aromatic rings. The zero-order valence-electron chi connectivity index (χ0n) is 12.2. The monoisotopic (exact) mass is 313 g/mol. The molecule has 0 radical (unpaired) electrons. The second-order valence-electron chi connectivity index (χ2n) is 4.54. The SMILES string of the molecule is CCCCOC(=O)CCC(C(N)C(=O)OCC)C(F)(F)F. The van der Waals surface area contributed by atoms with Crippen LogP contribution in [0.5, 0.6) is 0 Å². The molecule has 5 nitrogen and oxygen atoms in total. The van der Waals surface area contributed by atoms with Crippen molar-refractivity contribution < 1.29 is 32.2 Å². The minimum atomic E-state index is -4.68. The quantitative estimate of drug-likeness (QED) is 0.521. The second kappa shape index (κ2) is 9.59. The molecule has 0 aromatic heterocycles. The lowest BCUT2D eigenvalue weighted by Gasteiger charge is -2.24. The maximum Gasteiger partial charge on any atom is 0.393 e. The van der Waals surface area contributed by atoms with Gasteiger partial charge in [-0.3, -0.25) is 9.59 Å². The summed E-state index contributed by atoms with van der Waals surface area (Å²) in [5, 5.41) is 0. The molecule has 0 fully saturated rings. The second-order valence-corrected chi connectivity index (χ2v) is 4.54. The Kier molecular flexibility index (Phi) is 9.00. The maximum absolute atomic E-state index is 12.9. The van der Waals surface area contributed by atoms with Gasteiger partial charge in [0.15, 0.2) is 0 Å². The van der Waals surface area contributed by atoms with Gasteiger partial charge in [0, 0.05) is 6.42 Å². The van der Waals surface area contributed by atoms with Gasteiger partial charge < -0.3 is 15.2 Å². The van der Waals surface area contributed by atoms with Gasteiger partial charge in [0.1, 0.15) is 6.04 Å². The number of hydrogen-bond donors (Lipinski definition) is 1. The summed E-state index contributed by atoms with van der Waals surface area (Å²) in [4.78, 5) is 22.6. The Balaban J connectivity index is 4.51. The van der Waals surface area contributed by atoms with E-state index in [1.54, 1.807) is 0 Å². The van der Waals surface area contributed by atoms with Crippen LogP contribution in [-0.2, 0) is 19.1 Å². The maximum atomic E-state index is 12.9. The van der Waals surface area contributed by atoms with Gasteiger partial charge in [-0.25, -0.2) is 0 Å². The Bertz CT molecular complexity index is 334. The minimum absolute atomic E-state index is 0.0594. The van der Waals surface area contributed by atoms with Crippen molar-refractivity contribution in [1.82, 2.24) is 0 Å². The van der Waals surface area contributed by atoms with Crippen LogP contribution in [0.15, 0.2) is 0 Å². The number of alkyl halides is 3. The van der Waals surface area contributed by atoms with Crippen LogP contribution in [0, 0.1) is 5.92 Å². The van der Waals surface area contributed by atoms with E-state index >= 15 is 0 Å². The highest BCUT2D eigenvalue weighted by molar-refractivity contribution is 5.76. The van der Waals surface area contributed by atoms with E-state index in [2.05, 4.69) is 4.74 Å². The van der Waals surface area contributed by atoms with Crippen molar-refractivity contribution in [3.63, 3.8) is 0 Å². The summed E-state index contributed by atoms with van der Waals surface area (Å²) in [6.45, 7) is 3.48. The number of carbonyl (C=O) groups excluding carboxylic acids is 2. The smallest absolute Gasteiger partial charge is 0.393 e. The number of unbranched alkanes of at least 4 members (excludes halogenated alkanes) is 1. The van der Waals surface area contributed by atoms with E-state index in [1.807, 2.05) is 6.92 Å². The highest BCUT2D eigenvalue weighted by atomic mass is 19.4. The van der Waals surface area contributed by atoms with Crippen LogP contribution in [0.1, 0.15) is 39.5 Å². The van der Waals surface area contributed by atoms with Gasteiger partial charge in [0.05, 0.1) is 19.1 Å². The molecule has 0 bridgehead atoms. The zero-order valence-corrected chi connectivity index (χ0v) is 12.2. The molecule has 0 spiro atoms. The van der Waals surface area contributed by atoms with Crippen molar-refractivity contribution in [3.05, 3.63) is 0 Å². The number of rotatable bonds is 9. The Morgan fingerprint density at radius 2 is 1.81 bits per heavy atom. The molecule has 0 aliphatic carbocycles. The van der Waals surface area contributed by atoms with Crippen molar-refractivity contribution in [2.45, 2.75) is 51.7 Å². The van der Waals surface area contributed by atoms with Crippen molar-refractivity contribution in [1.29, 1.82) is 0 Å². The summed E-state index contributed by atoms with van der Waals surface area (Å²) in [7, 11) is 0. The van der Waals surface area contributed by atoms with Crippen LogP contribution in [0.25, 0.3) is 0 Å². The van der Waals surface area contributed by atoms with E-state index in [9.17, 15) is 22.8 Å². The predicted molar refractivity (Wildman–Crippen MR) is 69.3 cm³/mol. The van der Waals surface area contributed by atoms with E-state index < -0.39 is 42.9 Å². The van der Waals surface area contributed by atoms with Gasteiger partial charge >= 0.3 is 18.1 Å².